The second-order valence-electron chi connectivity index (χ2n) is 4.43. The van der Waals surface area contributed by atoms with Crippen LogP contribution in [0.2, 0.25) is 0 Å². The highest BCUT2D eigenvalue weighted by molar-refractivity contribution is 5.74. The summed E-state index contributed by atoms with van der Waals surface area (Å²) in [6, 6.07) is -0.128. The predicted molar refractivity (Wildman–Crippen MR) is 59.7 cm³/mol. The Morgan fingerprint density at radius 2 is 2.40 bits per heavy atom. The van der Waals surface area contributed by atoms with Crippen LogP contribution in [0.3, 0.4) is 0 Å². The smallest absolute Gasteiger partial charge is 0.317 e. The third-order valence-electron chi connectivity index (χ3n) is 2.99. The fourth-order valence-corrected chi connectivity index (χ4v) is 1.92. The molecule has 0 spiro atoms. The van der Waals surface area contributed by atoms with Crippen molar-refractivity contribution in [3.05, 3.63) is 0 Å². The zero-order valence-electron chi connectivity index (χ0n) is 9.70. The number of hydrogen-bond donors (Lipinski definition) is 2. The quantitative estimate of drug-likeness (QED) is 0.741. The Kier molecular flexibility index (Phi) is 4.88. The van der Waals surface area contributed by atoms with Gasteiger partial charge in [0.1, 0.15) is 0 Å². The standard InChI is InChI=1S/C11H22N2O2/c1-3-10(8-14)12-11(15)13-6-4-5-9(2)7-13/h9-10,14H,3-8H2,1-2H3,(H,12,15). The Hall–Kier alpha value is -0.770. The average Bonchev–Trinajstić information content (AvgIpc) is 2.25. The predicted octanol–water partition coefficient (Wildman–Crippen LogP) is 1.20. The number of likely N-dealkylation sites (tertiary alicyclic amines) is 1. The highest BCUT2D eigenvalue weighted by atomic mass is 16.3. The molecule has 88 valence electrons. The van der Waals surface area contributed by atoms with Crippen LogP contribution >= 0.6 is 0 Å². The van der Waals surface area contributed by atoms with E-state index in [1.54, 1.807) is 0 Å². The van der Waals surface area contributed by atoms with Crippen LogP contribution in [0.25, 0.3) is 0 Å². The Bertz CT molecular complexity index is 205. The molecule has 1 saturated heterocycles. The van der Waals surface area contributed by atoms with E-state index < -0.39 is 0 Å². The molecule has 2 atom stereocenters. The number of carbonyl (C=O) groups excluding carboxylic acids is 1. The van der Waals surface area contributed by atoms with Gasteiger partial charge in [-0.15, -0.1) is 0 Å². The summed E-state index contributed by atoms with van der Waals surface area (Å²) >= 11 is 0. The molecule has 2 amide bonds. The number of nitrogens with one attached hydrogen (secondary N) is 1. The third kappa shape index (κ3) is 3.70. The fraction of sp³-hybridized carbons (Fsp3) is 0.909. The first-order valence-corrected chi connectivity index (χ1v) is 5.83. The van der Waals surface area contributed by atoms with E-state index in [0.29, 0.717) is 5.92 Å². The van der Waals surface area contributed by atoms with Crippen molar-refractivity contribution in [1.29, 1.82) is 0 Å². The molecule has 15 heavy (non-hydrogen) atoms. The lowest BCUT2D eigenvalue weighted by atomic mass is 10.0. The highest BCUT2D eigenvalue weighted by Crippen LogP contribution is 2.15. The Morgan fingerprint density at radius 1 is 1.67 bits per heavy atom. The van der Waals surface area contributed by atoms with E-state index in [4.69, 9.17) is 5.11 Å². The molecule has 0 aromatic heterocycles. The second-order valence-corrected chi connectivity index (χ2v) is 4.43. The zero-order chi connectivity index (χ0) is 11.3. The summed E-state index contributed by atoms with van der Waals surface area (Å²) in [6.45, 7) is 5.83. The van der Waals surface area contributed by atoms with Crippen LogP contribution in [-0.2, 0) is 0 Å². The first-order valence-electron chi connectivity index (χ1n) is 5.83. The molecule has 1 aliphatic rings. The van der Waals surface area contributed by atoms with E-state index >= 15 is 0 Å². The number of carbonyl (C=O) groups is 1. The minimum Gasteiger partial charge on any atom is -0.394 e. The maximum atomic E-state index is 11.8. The summed E-state index contributed by atoms with van der Waals surface area (Å²) in [7, 11) is 0. The van der Waals surface area contributed by atoms with Crippen molar-refractivity contribution in [2.24, 2.45) is 5.92 Å². The van der Waals surface area contributed by atoms with Gasteiger partial charge in [-0.25, -0.2) is 4.79 Å². The van der Waals surface area contributed by atoms with Crippen LogP contribution in [0.1, 0.15) is 33.1 Å². The summed E-state index contributed by atoms with van der Waals surface area (Å²) in [5, 5.41) is 11.8. The maximum absolute atomic E-state index is 11.8. The number of amides is 2. The molecular formula is C11H22N2O2. The van der Waals surface area contributed by atoms with Crippen molar-refractivity contribution >= 4 is 6.03 Å². The Balaban J connectivity index is 2.38. The van der Waals surface area contributed by atoms with Gasteiger partial charge in [0.05, 0.1) is 12.6 Å². The lowest BCUT2D eigenvalue weighted by Gasteiger charge is -2.32. The average molecular weight is 214 g/mol. The second kappa shape index (κ2) is 5.95. The lowest BCUT2D eigenvalue weighted by molar-refractivity contribution is 0.158. The molecule has 0 aliphatic carbocycles. The van der Waals surface area contributed by atoms with E-state index in [1.807, 2.05) is 11.8 Å². The van der Waals surface area contributed by atoms with Gasteiger partial charge in [-0.1, -0.05) is 13.8 Å². The zero-order valence-corrected chi connectivity index (χ0v) is 9.70. The fourth-order valence-electron chi connectivity index (χ4n) is 1.92. The summed E-state index contributed by atoms with van der Waals surface area (Å²) in [5.41, 5.74) is 0. The molecule has 1 heterocycles. The third-order valence-corrected chi connectivity index (χ3v) is 2.99. The Labute approximate surface area is 91.6 Å². The molecule has 1 rings (SSSR count). The number of aliphatic hydroxyl groups excluding tert-OH is 1. The molecule has 0 bridgehead atoms. The summed E-state index contributed by atoms with van der Waals surface area (Å²) in [6.07, 6.45) is 3.07. The van der Waals surface area contributed by atoms with Crippen LogP contribution < -0.4 is 5.32 Å². The number of hydrogen-bond acceptors (Lipinski definition) is 2. The van der Waals surface area contributed by atoms with E-state index in [-0.39, 0.29) is 18.7 Å². The van der Waals surface area contributed by atoms with Gasteiger partial charge in [0.2, 0.25) is 0 Å². The van der Waals surface area contributed by atoms with Crippen LogP contribution in [0, 0.1) is 5.92 Å². The molecule has 0 saturated carbocycles. The molecular weight excluding hydrogens is 192 g/mol. The van der Waals surface area contributed by atoms with Crippen molar-refractivity contribution in [1.82, 2.24) is 10.2 Å². The van der Waals surface area contributed by atoms with Gasteiger partial charge in [0, 0.05) is 13.1 Å². The van der Waals surface area contributed by atoms with Crippen molar-refractivity contribution in [2.75, 3.05) is 19.7 Å². The molecule has 0 aromatic carbocycles. The normalized spacial score (nSPS) is 23.7. The van der Waals surface area contributed by atoms with Crippen LogP contribution in [0.4, 0.5) is 4.79 Å². The van der Waals surface area contributed by atoms with Crippen LogP contribution in [-0.4, -0.2) is 41.8 Å². The van der Waals surface area contributed by atoms with Crippen molar-refractivity contribution < 1.29 is 9.90 Å². The number of aliphatic hydroxyl groups is 1. The molecule has 1 aliphatic heterocycles. The molecule has 4 heteroatoms. The SMILES string of the molecule is CCC(CO)NC(=O)N1CCCC(C)C1. The van der Waals surface area contributed by atoms with E-state index in [2.05, 4.69) is 12.2 Å². The monoisotopic (exact) mass is 214 g/mol. The van der Waals surface area contributed by atoms with E-state index in [0.717, 1.165) is 25.9 Å². The van der Waals surface area contributed by atoms with Gasteiger partial charge >= 0.3 is 6.03 Å². The largest absolute Gasteiger partial charge is 0.394 e. The molecule has 2 unspecified atom stereocenters. The van der Waals surface area contributed by atoms with Gasteiger partial charge < -0.3 is 15.3 Å². The number of nitrogens with zero attached hydrogens (tertiary/aromatic N) is 1. The summed E-state index contributed by atoms with van der Waals surface area (Å²) < 4.78 is 0. The van der Waals surface area contributed by atoms with Gasteiger partial charge in [-0.2, -0.15) is 0 Å². The summed E-state index contributed by atoms with van der Waals surface area (Å²) in [4.78, 5) is 13.6. The van der Waals surface area contributed by atoms with E-state index in [9.17, 15) is 4.79 Å². The van der Waals surface area contributed by atoms with Gasteiger partial charge in [0.15, 0.2) is 0 Å². The first kappa shape index (κ1) is 12.3. The molecule has 0 aromatic rings. The highest BCUT2D eigenvalue weighted by Gasteiger charge is 2.21. The maximum Gasteiger partial charge on any atom is 0.317 e. The molecule has 2 N–H and O–H groups in total. The van der Waals surface area contributed by atoms with Crippen molar-refractivity contribution in [2.45, 2.75) is 39.2 Å². The van der Waals surface area contributed by atoms with E-state index in [1.165, 1.54) is 6.42 Å². The molecule has 1 fully saturated rings. The van der Waals surface area contributed by atoms with Crippen LogP contribution in [0.15, 0.2) is 0 Å². The number of rotatable bonds is 3. The minimum atomic E-state index is -0.102. The number of urea groups is 1. The molecule has 4 nitrogen and oxygen atoms in total. The topological polar surface area (TPSA) is 52.6 Å². The van der Waals surface area contributed by atoms with Gasteiger partial charge in [-0.3, -0.25) is 0 Å². The lowest BCUT2D eigenvalue weighted by Crippen LogP contribution is -2.49. The summed E-state index contributed by atoms with van der Waals surface area (Å²) in [5.74, 6) is 0.596. The van der Waals surface area contributed by atoms with Crippen LogP contribution in [0.5, 0.6) is 0 Å². The Morgan fingerprint density at radius 3 is 2.93 bits per heavy atom. The van der Waals surface area contributed by atoms with Gasteiger partial charge in [0.25, 0.3) is 0 Å². The van der Waals surface area contributed by atoms with Gasteiger partial charge in [-0.05, 0) is 25.2 Å². The first-order chi connectivity index (χ1) is 7.17. The van der Waals surface area contributed by atoms with Crippen molar-refractivity contribution in [3.63, 3.8) is 0 Å². The van der Waals surface area contributed by atoms with Crippen molar-refractivity contribution in [3.8, 4) is 0 Å². The number of piperidine rings is 1. The molecule has 0 radical (unpaired) electrons. The minimum absolute atomic E-state index is 0.0195.